The third-order valence-electron chi connectivity index (χ3n) is 11.9. The number of hydrogen-bond acceptors (Lipinski definition) is 11. The van der Waals surface area contributed by atoms with E-state index in [-0.39, 0.29) is 76.2 Å². The number of unbranched alkanes of at least 4 members (excludes halogenated alkanes) is 2. The minimum atomic E-state index is -3.42. The normalized spacial score (nSPS) is 16.5. The molecule has 1 aliphatic heterocycles. The van der Waals surface area contributed by atoms with E-state index in [9.17, 15) is 63.3 Å². The molecule has 0 aliphatic carbocycles. The van der Waals surface area contributed by atoms with Crippen molar-refractivity contribution >= 4 is 73.1 Å². The minimum Gasteiger partial charge on any atom is -0.667 e. The van der Waals surface area contributed by atoms with Gasteiger partial charge in [-0.05, 0) is 72.9 Å². The number of aliphatic hydroxyl groups excluding tert-OH is 1. The predicted molar refractivity (Wildman–Crippen MR) is 254 cm³/mol. The smallest absolute Gasteiger partial charge is 0.326 e. The molecule has 0 fully saturated rings. The Kier molecular flexibility index (Phi) is 24.6. The molecule has 1 unspecified atom stereocenters. The summed E-state index contributed by atoms with van der Waals surface area (Å²) in [5.41, 5.74) is 14.2. The van der Waals surface area contributed by atoms with E-state index in [1.807, 2.05) is 34.6 Å². The molecule has 0 spiro atoms. The number of amides is 9. The van der Waals surface area contributed by atoms with Crippen molar-refractivity contribution in [2.75, 3.05) is 32.8 Å². The van der Waals surface area contributed by atoms with Crippen molar-refractivity contribution < 1.29 is 72.5 Å². The van der Waals surface area contributed by atoms with E-state index in [2.05, 4.69) is 42.5 Å². The zero-order valence-electron chi connectivity index (χ0n) is 40.6. The molecule has 6 atom stereocenters. The van der Waals surface area contributed by atoms with Gasteiger partial charge in [0.1, 0.15) is 18.1 Å². The summed E-state index contributed by atoms with van der Waals surface area (Å²) in [6.45, 7) is 8.45. The maximum atomic E-state index is 16.4. The summed E-state index contributed by atoms with van der Waals surface area (Å²) >= 11 is 0. The molecule has 0 aromatic heterocycles. The van der Waals surface area contributed by atoms with Crippen LogP contribution in [0.3, 0.4) is 0 Å². The van der Waals surface area contributed by atoms with Crippen LogP contribution in [-0.4, -0.2) is 151 Å². The average Bonchev–Trinajstić information content (AvgIpc) is 3.28. The van der Waals surface area contributed by atoms with E-state index in [0.717, 1.165) is 5.56 Å². The number of halogens is 1. The number of carbonyl (C=O) groups excluding carboxylic acids is 7. The number of urea groups is 2. The second kappa shape index (κ2) is 28.3. The molecule has 15 N–H and O–H groups in total. The number of benzene rings is 1. The number of nitrogens with one attached hydrogen (secondary N) is 9. The summed E-state index contributed by atoms with van der Waals surface area (Å²) in [6, 6.07) is -3.65. The second-order valence-electron chi connectivity index (χ2n) is 18.6. The van der Waals surface area contributed by atoms with Gasteiger partial charge in [0.25, 0.3) is 14.3 Å². The van der Waals surface area contributed by atoms with Gasteiger partial charge in [0.2, 0.25) is 23.6 Å². The summed E-state index contributed by atoms with van der Waals surface area (Å²) < 4.78 is 16.4. The zero-order valence-corrected chi connectivity index (χ0v) is 44.6. The molecule has 71 heavy (non-hydrogen) atoms. The van der Waals surface area contributed by atoms with Gasteiger partial charge in [-0.15, -0.1) is 0 Å². The Morgan fingerprint density at radius 3 is 1.93 bits per heavy atom. The molecule has 0 radical (unpaired) electrons. The van der Waals surface area contributed by atoms with Gasteiger partial charge in [-0.3, -0.25) is 28.8 Å². The average molecular weight is 1260 g/mol. The Labute approximate surface area is 406 Å². The van der Waals surface area contributed by atoms with Crippen LogP contribution in [0.1, 0.15) is 121 Å². The van der Waals surface area contributed by atoms with Crippen molar-refractivity contribution in [1.82, 2.24) is 42.5 Å². The van der Waals surface area contributed by atoms with Crippen LogP contribution in [0.25, 0.3) is 5.73 Å². The van der Waals surface area contributed by atoms with E-state index in [0.29, 0.717) is 24.4 Å². The third kappa shape index (κ3) is 18.8. The van der Waals surface area contributed by atoms with Crippen LogP contribution in [0.2, 0.25) is 5.04 Å². The van der Waals surface area contributed by atoms with E-state index < -0.39 is 122 Å². The number of aliphatic carboxylic acids is 3. The maximum absolute atomic E-state index is 16.4. The fourth-order valence-electron chi connectivity index (χ4n) is 8.05. The van der Waals surface area contributed by atoms with Gasteiger partial charge in [0.15, 0.2) is 0 Å². The molecule has 0 saturated heterocycles. The topological polar surface area (TPSA) is 398 Å². The molecule has 1 aromatic rings. The Balaban J connectivity index is 0.0000252. The SMILES string of the molecule is CC(C)(C)[Si]1(F)c2ccc(C(=O)NC[C@H](NC(=O)[C@@H]([NH-])CCNC(N)=O)C(=O)NCCCCCC(=O)NCCC[C@@H](NC(=O)CC[C@H](NC(=O)N[C@H](CO)CCC(=O)O)C(=O)O)C(=O)O)cc2C1(C)C.[Cm]. The predicted octanol–water partition coefficient (Wildman–Crippen LogP) is 0.0336. The van der Waals surface area contributed by atoms with Gasteiger partial charge in [-0.1, -0.05) is 53.1 Å². The summed E-state index contributed by atoms with van der Waals surface area (Å²) in [5, 5.41) is 55.9. The van der Waals surface area contributed by atoms with Crippen molar-refractivity contribution in [1.29, 1.82) is 0 Å². The summed E-state index contributed by atoms with van der Waals surface area (Å²) in [5.74, 6) is -7.25. The number of rotatable bonds is 31. The molecule has 400 valence electrons. The van der Waals surface area contributed by atoms with E-state index in [1.54, 1.807) is 12.1 Å². The molecular weight excluding hydrogens is 1190 g/mol. The van der Waals surface area contributed by atoms with E-state index >= 15 is 4.11 Å². The van der Waals surface area contributed by atoms with Gasteiger partial charge in [-0.25, -0.2) is 19.2 Å². The molecule has 0 saturated carbocycles. The first-order valence-electron chi connectivity index (χ1n) is 23.0. The van der Waals surface area contributed by atoms with E-state index in [4.69, 9.17) is 16.6 Å². The fourth-order valence-corrected chi connectivity index (χ4v) is 12.9. The van der Waals surface area contributed by atoms with Gasteiger partial charge in [-0.2, -0.15) is 0 Å². The van der Waals surface area contributed by atoms with Crippen LogP contribution < -0.4 is 53.5 Å². The monoisotopic (exact) mass is 1250 g/mol. The number of primary amides is 1. The first kappa shape index (κ1) is 61.6. The van der Waals surface area contributed by atoms with Crippen molar-refractivity contribution in [3.63, 3.8) is 0 Å². The standard InChI is InChI=1S/C44H70FN10O14Si.Cm/c1-43(2,3)70(45)32-15-12-25(22-27(32)44(70,4)5)36(61)51-23-31(54-37(62)28(46)18-21-50-41(47)68)38(63)49-19-8-6-7-11-33(57)48-20-9-10-29(39(64)65)53-34(58)16-14-30(40(66)67)55-42(69)52-26(24-56)13-17-35(59)60;/h12,15,22,26,28-31,46,56H,6-11,13-14,16-21,23-24H2,1-5H3,(H,48,57)(H,49,63)(H,51,61)(H,53,58)(H,54,62)(H,59,60)(H,64,65)(H,66,67)(H3,47,50,68)(H2,52,55,69);/q-1;/t26-,28-,29+,30-,31-,70?;/m0./s1. The quantitative estimate of drug-likeness (QED) is 0.0265. The van der Waals surface area contributed by atoms with Crippen molar-refractivity contribution in [2.45, 2.75) is 146 Å². The number of fused-ring (bicyclic) bond motifs is 1. The number of carboxylic acids is 3. The minimum absolute atomic E-state index is 0. The first-order valence-corrected chi connectivity index (χ1v) is 24.9. The van der Waals surface area contributed by atoms with E-state index in [1.165, 1.54) is 6.07 Å². The Morgan fingerprint density at radius 1 is 0.704 bits per heavy atom. The third-order valence-corrected chi connectivity index (χ3v) is 17.1. The van der Waals surface area contributed by atoms with Gasteiger partial charge in [0, 0.05) is 56.0 Å². The Morgan fingerprint density at radius 2 is 1.34 bits per heavy atom. The van der Waals surface area contributed by atoms with Gasteiger partial charge >= 0.3 is 30.0 Å². The van der Waals surface area contributed by atoms with Crippen LogP contribution in [0.4, 0.5) is 13.7 Å². The molecule has 1 heterocycles. The van der Waals surface area contributed by atoms with Crippen molar-refractivity contribution in [2.24, 2.45) is 5.73 Å². The van der Waals surface area contributed by atoms with Crippen LogP contribution >= 0.6 is 0 Å². The van der Waals surface area contributed by atoms with Crippen LogP contribution in [-0.2, 0) is 38.6 Å². The molecule has 9 amide bonds. The number of carboxylic acid groups (broad SMARTS) is 3. The zero-order chi connectivity index (χ0) is 53.0. The molecule has 27 heteroatoms. The van der Waals surface area contributed by atoms with Crippen LogP contribution in [0.5, 0.6) is 0 Å². The first-order chi connectivity index (χ1) is 32.7. The maximum Gasteiger partial charge on any atom is 0.326 e. The van der Waals surface area contributed by atoms with Gasteiger partial charge < -0.3 is 78.5 Å². The Bertz CT molecular complexity index is 2060. The fraction of sp³-hybridized carbons (Fsp3) is 0.636. The summed E-state index contributed by atoms with van der Waals surface area (Å²) in [7, 11) is -3.42. The van der Waals surface area contributed by atoms with Crippen LogP contribution in [0, 0.1) is 0 Å². The van der Waals surface area contributed by atoms with Crippen LogP contribution in [0.15, 0.2) is 18.2 Å². The van der Waals surface area contributed by atoms with Crippen molar-refractivity contribution in [3.05, 3.63) is 35.1 Å². The molecule has 2 rings (SSSR count). The van der Waals surface area contributed by atoms with Crippen molar-refractivity contribution in [3.8, 4) is 0 Å². The molecule has 0 bridgehead atoms. The summed E-state index contributed by atoms with van der Waals surface area (Å²) in [6.07, 6.45) is -0.0322. The number of aliphatic hydroxyl groups is 1. The number of hydrogen-bond donors (Lipinski definition) is 13. The molecular formula is C44H70CmFN10O14Si-. The van der Waals surface area contributed by atoms with Gasteiger partial charge in [0.05, 0.1) is 12.6 Å². The summed E-state index contributed by atoms with van der Waals surface area (Å²) in [4.78, 5) is 122. The molecule has 24 nitrogen and oxygen atoms in total. The number of nitrogens with two attached hydrogens (primary N) is 1. The Hall–Kier alpha value is -7.41. The molecule has 1 aliphatic rings. The second-order valence-corrected chi connectivity index (χ2v) is 23.2. The molecule has 1 aromatic carbocycles. The largest absolute Gasteiger partial charge is 0.667 e. The number of carbonyl (C=O) groups is 10.